The molecule has 1 aliphatic rings. The maximum absolute atomic E-state index is 12.9. The normalized spacial score (nSPS) is 14.0. The largest absolute Gasteiger partial charge is 0.353 e. The predicted molar refractivity (Wildman–Crippen MR) is 99.8 cm³/mol. The Balaban J connectivity index is 1.64. The fraction of sp³-hybridized carbons (Fsp3) is 0.316. The van der Waals surface area contributed by atoms with E-state index in [2.05, 4.69) is 10.3 Å². The molecule has 0 radical (unpaired) electrons. The molecule has 2 heterocycles. The molecule has 1 aromatic carbocycles. The summed E-state index contributed by atoms with van der Waals surface area (Å²) in [5, 5.41) is 5.56. The van der Waals surface area contributed by atoms with Crippen LogP contribution in [0.1, 0.15) is 24.8 Å². The summed E-state index contributed by atoms with van der Waals surface area (Å²) < 4.78 is 1.54. The summed E-state index contributed by atoms with van der Waals surface area (Å²) in [6.45, 7) is 2.39. The van der Waals surface area contributed by atoms with Crippen molar-refractivity contribution in [3.05, 3.63) is 51.9 Å². The average Bonchev–Trinajstić information content (AvgIpc) is 3.30. The summed E-state index contributed by atoms with van der Waals surface area (Å²) in [6.07, 6.45) is 3.97. The van der Waals surface area contributed by atoms with Gasteiger partial charge in [0.25, 0.3) is 5.56 Å². The van der Waals surface area contributed by atoms with Crippen molar-refractivity contribution in [2.75, 3.05) is 0 Å². The van der Waals surface area contributed by atoms with Crippen molar-refractivity contribution in [3.8, 4) is 11.1 Å². The second-order valence-electron chi connectivity index (χ2n) is 6.53. The van der Waals surface area contributed by atoms with Gasteiger partial charge in [-0.2, -0.15) is 0 Å². The summed E-state index contributed by atoms with van der Waals surface area (Å²) in [4.78, 5) is 29.9. The molecule has 0 saturated heterocycles. The number of benzene rings is 1. The number of nitrogens with zero attached hydrogens (tertiary/aromatic N) is 2. The number of carbonyl (C=O) groups is 1. The van der Waals surface area contributed by atoms with Gasteiger partial charge in [0.1, 0.15) is 4.83 Å². The molecule has 1 amide bonds. The van der Waals surface area contributed by atoms with Gasteiger partial charge in [-0.3, -0.25) is 14.2 Å². The molecule has 0 bridgehead atoms. The van der Waals surface area contributed by atoms with Gasteiger partial charge in [0.2, 0.25) is 5.91 Å². The number of thiophene rings is 1. The van der Waals surface area contributed by atoms with E-state index in [9.17, 15) is 9.59 Å². The minimum Gasteiger partial charge on any atom is -0.353 e. The van der Waals surface area contributed by atoms with E-state index in [4.69, 9.17) is 0 Å². The molecular weight excluding hydrogens is 334 g/mol. The van der Waals surface area contributed by atoms with Gasteiger partial charge in [0.15, 0.2) is 0 Å². The molecule has 2 aromatic heterocycles. The summed E-state index contributed by atoms with van der Waals surface area (Å²) in [6, 6.07) is 8.47. The number of hydrogen-bond donors (Lipinski definition) is 1. The van der Waals surface area contributed by atoms with E-state index in [0.717, 1.165) is 28.8 Å². The van der Waals surface area contributed by atoms with E-state index in [-0.39, 0.29) is 11.5 Å². The molecule has 1 fully saturated rings. The van der Waals surface area contributed by atoms with Crippen LogP contribution in [0.3, 0.4) is 0 Å². The van der Waals surface area contributed by atoms with Crippen molar-refractivity contribution in [2.24, 2.45) is 0 Å². The van der Waals surface area contributed by atoms with E-state index >= 15 is 0 Å². The molecule has 0 spiro atoms. The van der Waals surface area contributed by atoms with Gasteiger partial charge in [-0.05, 0) is 25.3 Å². The van der Waals surface area contributed by atoms with Crippen LogP contribution in [0, 0.1) is 6.92 Å². The number of amides is 1. The Morgan fingerprint density at radius 3 is 2.80 bits per heavy atom. The number of aromatic nitrogens is 2. The Bertz CT molecular complexity index is 984. The molecule has 6 heteroatoms. The monoisotopic (exact) mass is 353 g/mol. The molecule has 0 unspecified atom stereocenters. The zero-order chi connectivity index (χ0) is 17.4. The third kappa shape index (κ3) is 3.35. The number of rotatable bonds is 5. The molecule has 25 heavy (non-hydrogen) atoms. The molecule has 1 N–H and O–H groups in total. The first-order valence-corrected chi connectivity index (χ1v) is 9.33. The van der Waals surface area contributed by atoms with Crippen molar-refractivity contribution < 1.29 is 4.79 Å². The molecule has 3 aromatic rings. The highest BCUT2D eigenvalue weighted by molar-refractivity contribution is 7.17. The van der Waals surface area contributed by atoms with Crippen LogP contribution in [0.5, 0.6) is 0 Å². The van der Waals surface area contributed by atoms with Crippen molar-refractivity contribution in [2.45, 2.75) is 38.8 Å². The third-order valence-corrected chi connectivity index (χ3v) is 5.33. The van der Waals surface area contributed by atoms with Gasteiger partial charge in [-0.1, -0.05) is 29.8 Å². The quantitative estimate of drug-likeness (QED) is 0.766. The van der Waals surface area contributed by atoms with E-state index in [1.807, 2.05) is 36.6 Å². The molecule has 0 aliphatic heterocycles. The van der Waals surface area contributed by atoms with Gasteiger partial charge < -0.3 is 5.32 Å². The zero-order valence-electron chi connectivity index (χ0n) is 14.0. The molecule has 5 nitrogen and oxygen atoms in total. The van der Waals surface area contributed by atoms with E-state index in [1.165, 1.54) is 16.9 Å². The number of fused-ring (bicyclic) bond motifs is 1. The van der Waals surface area contributed by atoms with Crippen LogP contribution < -0.4 is 10.9 Å². The van der Waals surface area contributed by atoms with Crippen LogP contribution in [0.4, 0.5) is 0 Å². The lowest BCUT2D eigenvalue weighted by Crippen LogP contribution is -2.28. The van der Waals surface area contributed by atoms with Crippen LogP contribution in [-0.2, 0) is 11.3 Å². The zero-order valence-corrected chi connectivity index (χ0v) is 14.8. The van der Waals surface area contributed by atoms with Gasteiger partial charge in [0, 0.05) is 30.0 Å². The third-order valence-electron chi connectivity index (χ3n) is 4.45. The first-order chi connectivity index (χ1) is 12.1. The van der Waals surface area contributed by atoms with Crippen molar-refractivity contribution in [3.63, 3.8) is 0 Å². The number of nitrogens with one attached hydrogen (secondary N) is 1. The molecule has 4 rings (SSSR count). The number of aryl methyl sites for hydroxylation is 2. The van der Waals surface area contributed by atoms with Gasteiger partial charge in [-0.25, -0.2) is 4.98 Å². The van der Waals surface area contributed by atoms with Crippen molar-refractivity contribution in [1.82, 2.24) is 14.9 Å². The van der Waals surface area contributed by atoms with Crippen LogP contribution >= 0.6 is 11.3 Å². The lowest BCUT2D eigenvalue weighted by molar-refractivity contribution is -0.121. The molecule has 1 aliphatic carbocycles. The van der Waals surface area contributed by atoms with Gasteiger partial charge in [0.05, 0.1) is 11.7 Å². The lowest BCUT2D eigenvalue weighted by atomic mass is 10.1. The summed E-state index contributed by atoms with van der Waals surface area (Å²) >= 11 is 1.47. The Morgan fingerprint density at radius 1 is 1.32 bits per heavy atom. The van der Waals surface area contributed by atoms with E-state index in [0.29, 0.717) is 24.4 Å². The Hall–Kier alpha value is -2.47. The van der Waals surface area contributed by atoms with Crippen LogP contribution in [0.2, 0.25) is 0 Å². The Labute approximate surface area is 149 Å². The second kappa shape index (κ2) is 6.44. The highest BCUT2D eigenvalue weighted by Crippen LogP contribution is 2.30. The maximum Gasteiger partial charge on any atom is 0.262 e. The average molecular weight is 353 g/mol. The summed E-state index contributed by atoms with van der Waals surface area (Å²) in [7, 11) is 0. The molecular formula is C19H19N3O2S. The molecule has 0 atom stereocenters. The lowest BCUT2D eigenvalue weighted by Gasteiger charge is -2.07. The minimum absolute atomic E-state index is 0.00132. The van der Waals surface area contributed by atoms with Crippen LogP contribution in [-0.4, -0.2) is 21.5 Å². The predicted octanol–water partition coefficient (Wildman–Crippen LogP) is 3.10. The number of carbonyl (C=O) groups excluding carboxylic acids is 1. The molecule has 1 saturated carbocycles. The summed E-state index contributed by atoms with van der Waals surface area (Å²) in [5.74, 6) is -0.00132. The minimum atomic E-state index is -0.0824. The van der Waals surface area contributed by atoms with Crippen LogP contribution in [0.25, 0.3) is 21.3 Å². The smallest absolute Gasteiger partial charge is 0.262 e. The Kier molecular flexibility index (Phi) is 4.13. The maximum atomic E-state index is 12.9. The van der Waals surface area contributed by atoms with E-state index < -0.39 is 0 Å². The second-order valence-corrected chi connectivity index (χ2v) is 7.39. The fourth-order valence-corrected chi connectivity index (χ4v) is 3.73. The SMILES string of the molecule is Cc1ccc(-c2csc3ncn(CCC(=O)NC4CC4)c(=O)c23)cc1. The van der Waals surface area contributed by atoms with E-state index in [1.54, 1.807) is 10.9 Å². The fourth-order valence-electron chi connectivity index (χ4n) is 2.82. The summed E-state index contributed by atoms with van der Waals surface area (Å²) in [5.41, 5.74) is 3.02. The first-order valence-electron chi connectivity index (χ1n) is 8.45. The van der Waals surface area contributed by atoms with Crippen molar-refractivity contribution in [1.29, 1.82) is 0 Å². The molecule has 128 valence electrons. The van der Waals surface area contributed by atoms with Gasteiger partial charge >= 0.3 is 0 Å². The standard InChI is InChI=1S/C19H19N3O2S/c1-12-2-4-13(5-3-12)15-10-25-18-17(15)19(24)22(11-20-18)9-8-16(23)21-14-6-7-14/h2-5,10-11,14H,6-9H2,1H3,(H,21,23). The highest BCUT2D eigenvalue weighted by atomic mass is 32.1. The topological polar surface area (TPSA) is 64.0 Å². The number of hydrogen-bond acceptors (Lipinski definition) is 4. The Morgan fingerprint density at radius 2 is 2.08 bits per heavy atom. The van der Waals surface area contributed by atoms with Crippen molar-refractivity contribution >= 4 is 27.5 Å². The van der Waals surface area contributed by atoms with Crippen LogP contribution in [0.15, 0.2) is 40.8 Å². The first kappa shape index (κ1) is 16.0. The highest BCUT2D eigenvalue weighted by Gasteiger charge is 2.23. The van der Waals surface area contributed by atoms with Gasteiger partial charge in [-0.15, -0.1) is 11.3 Å².